The van der Waals surface area contributed by atoms with Gasteiger partial charge in [0.05, 0.1) is 11.2 Å². The summed E-state index contributed by atoms with van der Waals surface area (Å²) in [4.78, 5) is 15.5. The molecule has 0 bridgehead atoms. The van der Waals surface area contributed by atoms with E-state index in [1.807, 2.05) is 5.43 Å². The van der Waals surface area contributed by atoms with Gasteiger partial charge in [-0.1, -0.05) is 0 Å². The number of hydrogen-bond acceptors (Lipinski definition) is 3. The van der Waals surface area contributed by atoms with Crippen LogP contribution in [0.3, 0.4) is 0 Å². The molecule has 1 aromatic carbocycles. The molecule has 1 amide bonds. The third kappa shape index (κ3) is 2.44. The molecule has 0 aliphatic heterocycles. The van der Waals surface area contributed by atoms with Crippen LogP contribution < -0.4 is 11.3 Å². The van der Waals surface area contributed by atoms with E-state index in [2.05, 4.69) is 4.98 Å². The molecule has 4 nitrogen and oxygen atoms in total. The molecule has 0 unspecified atom stereocenters. The van der Waals surface area contributed by atoms with Gasteiger partial charge in [-0.25, -0.2) is 24.0 Å². The Hall–Kier alpha value is -2.15. The third-order valence-corrected chi connectivity index (χ3v) is 2.97. The average molecular weight is 283 g/mol. The summed E-state index contributed by atoms with van der Waals surface area (Å²) in [6.45, 7) is -2.60. The van der Waals surface area contributed by atoms with E-state index < -0.39 is 25.9 Å². The van der Waals surface area contributed by atoms with E-state index in [4.69, 9.17) is 5.84 Å². The highest BCUT2D eigenvalue weighted by atomic mass is 19.1. The molecule has 0 radical (unpaired) electrons. The number of aromatic nitrogens is 1. The lowest BCUT2D eigenvalue weighted by atomic mass is 10.0. The summed E-state index contributed by atoms with van der Waals surface area (Å²) < 4.78 is 38.7. The summed E-state index contributed by atoms with van der Waals surface area (Å²) in [6, 6.07) is 3.90. The predicted molar refractivity (Wildman–Crippen MR) is 67.8 cm³/mol. The summed E-state index contributed by atoms with van der Waals surface area (Å²) in [7, 11) is 0. The second-order valence-electron chi connectivity index (χ2n) is 4.17. The topological polar surface area (TPSA) is 68.0 Å². The Morgan fingerprint density at radius 3 is 2.35 bits per heavy atom. The summed E-state index contributed by atoms with van der Waals surface area (Å²) in [5.41, 5.74) is 2.45. The number of benzene rings is 1. The number of nitrogens with two attached hydrogens (primary N) is 1. The van der Waals surface area contributed by atoms with Crippen molar-refractivity contribution in [1.29, 1.82) is 0 Å². The second kappa shape index (κ2) is 5.87. The maximum Gasteiger partial charge on any atom is 0.265 e. The zero-order valence-electron chi connectivity index (χ0n) is 10.4. The van der Waals surface area contributed by atoms with E-state index in [0.717, 1.165) is 0 Å². The van der Waals surface area contributed by atoms with Gasteiger partial charge in [0.1, 0.15) is 20.0 Å². The fraction of sp³-hybridized carbons (Fsp3) is 0.231. The van der Waals surface area contributed by atoms with E-state index in [0.29, 0.717) is 5.39 Å². The Labute approximate surface area is 112 Å². The van der Waals surface area contributed by atoms with Crippen molar-refractivity contribution in [1.82, 2.24) is 10.4 Å². The summed E-state index contributed by atoms with van der Waals surface area (Å²) in [5.74, 6) is 4.34. The summed E-state index contributed by atoms with van der Waals surface area (Å²) in [5, 5.41) is 0.353. The summed E-state index contributed by atoms with van der Waals surface area (Å²) in [6.07, 6.45) is 0. The molecule has 0 fully saturated rings. The van der Waals surface area contributed by atoms with Crippen molar-refractivity contribution in [3.63, 3.8) is 0 Å². The first-order chi connectivity index (χ1) is 9.64. The Kier molecular flexibility index (Phi) is 4.19. The van der Waals surface area contributed by atoms with Gasteiger partial charge in [-0.05, 0) is 29.3 Å². The maximum absolute atomic E-state index is 13.0. The smallest absolute Gasteiger partial charge is 0.265 e. The molecular formula is C13H12F3N3O. The Balaban J connectivity index is 2.76. The van der Waals surface area contributed by atoms with Crippen LogP contribution >= 0.6 is 0 Å². The lowest BCUT2D eigenvalue weighted by Crippen LogP contribution is -2.30. The Morgan fingerprint density at radius 2 is 1.80 bits per heavy atom. The first-order valence-corrected chi connectivity index (χ1v) is 5.78. The Bertz CT molecular complexity index is 661. The molecule has 20 heavy (non-hydrogen) atoms. The van der Waals surface area contributed by atoms with Crippen molar-refractivity contribution in [2.75, 3.05) is 0 Å². The van der Waals surface area contributed by atoms with Crippen molar-refractivity contribution in [3.05, 3.63) is 40.6 Å². The molecule has 0 atom stereocenters. The molecule has 0 saturated carbocycles. The van der Waals surface area contributed by atoms with Gasteiger partial charge in [-0.3, -0.25) is 10.2 Å². The number of amides is 1. The van der Waals surface area contributed by atoms with Gasteiger partial charge in [0.25, 0.3) is 5.91 Å². The zero-order chi connectivity index (χ0) is 14.7. The number of hydrazine groups is 1. The van der Waals surface area contributed by atoms with Crippen molar-refractivity contribution in [2.45, 2.75) is 20.0 Å². The first-order valence-electron chi connectivity index (χ1n) is 5.78. The lowest BCUT2D eigenvalue weighted by Gasteiger charge is -2.10. The van der Waals surface area contributed by atoms with Crippen LogP contribution in [0.5, 0.6) is 0 Å². The number of carbonyl (C=O) groups is 1. The normalized spacial score (nSPS) is 10.8. The number of hydrogen-bond donors (Lipinski definition) is 2. The predicted octanol–water partition coefficient (Wildman–Crippen LogP) is 2.25. The lowest BCUT2D eigenvalue weighted by molar-refractivity contribution is 0.0952. The number of halogens is 3. The monoisotopic (exact) mass is 283 g/mol. The quantitative estimate of drug-likeness (QED) is 0.513. The number of carbonyl (C=O) groups excluding carboxylic acids is 1. The van der Waals surface area contributed by atoms with Crippen LogP contribution in [0.15, 0.2) is 18.2 Å². The van der Waals surface area contributed by atoms with Gasteiger partial charge in [-0.15, -0.1) is 0 Å². The van der Waals surface area contributed by atoms with E-state index in [1.54, 1.807) is 0 Å². The van der Waals surface area contributed by atoms with Crippen LogP contribution in [0.2, 0.25) is 0 Å². The van der Waals surface area contributed by atoms with Gasteiger partial charge in [0.2, 0.25) is 0 Å². The Morgan fingerprint density at radius 1 is 1.10 bits per heavy atom. The van der Waals surface area contributed by atoms with Crippen molar-refractivity contribution < 1.29 is 18.0 Å². The zero-order valence-corrected chi connectivity index (χ0v) is 10.4. The largest absolute Gasteiger partial charge is 0.290 e. The van der Waals surface area contributed by atoms with Crippen LogP contribution in [0.4, 0.5) is 13.2 Å². The number of nitrogens with zero attached hydrogens (tertiary/aromatic N) is 1. The van der Waals surface area contributed by atoms with Crippen molar-refractivity contribution >= 4 is 16.8 Å². The molecular weight excluding hydrogens is 271 g/mol. The molecule has 3 N–H and O–H groups in total. The minimum absolute atomic E-state index is 0.00387. The molecule has 106 valence electrons. The number of nitrogens with one attached hydrogen (secondary N) is 1. The van der Waals surface area contributed by atoms with Crippen LogP contribution in [0.1, 0.15) is 27.2 Å². The highest BCUT2D eigenvalue weighted by molar-refractivity contribution is 5.99. The van der Waals surface area contributed by atoms with Crippen LogP contribution in [0.25, 0.3) is 10.9 Å². The van der Waals surface area contributed by atoms with Crippen LogP contribution in [-0.2, 0) is 20.0 Å². The maximum atomic E-state index is 13.0. The highest BCUT2D eigenvalue weighted by Gasteiger charge is 2.15. The van der Waals surface area contributed by atoms with E-state index in [-0.39, 0.29) is 27.9 Å². The molecule has 2 rings (SSSR count). The molecule has 0 aliphatic carbocycles. The number of fused-ring (bicyclic) bond motifs is 1. The first kappa shape index (κ1) is 14.3. The highest BCUT2D eigenvalue weighted by Crippen LogP contribution is 2.25. The van der Waals surface area contributed by atoms with Gasteiger partial charge >= 0.3 is 0 Å². The number of nitrogen functional groups attached to an aromatic ring is 1. The molecule has 7 heteroatoms. The number of rotatable bonds is 4. The fourth-order valence-corrected chi connectivity index (χ4v) is 2.03. The number of pyridine rings is 1. The molecule has 0 spiro atoms. The number of alkyl halides is 3. The van der Waals surface area contributed by atoms with E-state index in [1.165, 1.54) is 18.2 Å². The van der Waals surface area contributed by atoms with Crippen LogP contribution in [-0.4, -0.2) is 10.9 Å². The van der Waals surface area contributed by atoms with Crippen molar-refractivity contribution in [3.8, 4) is 0 Å². The second-order valence-corrected chi connectivity index (χ2v) is 4.17. The van der Waals surface area contributed by atoms with Crippen LogP contribution in [0, 0.1) is 0 Å². The van der Waals surface area contributed by atoms with Gasteiger partial charge in [0.15, 0.2) is 0 Å². The van der Waals surface area contributed by atoms with E-state index >= 15 is 0 Å². The molecule has 2 aromatic rings. The molecule has 1 heterocycles. The third-order valence-electron chi connectivity index (χ3n) is 2.97. The molecule has 0 saturated heterocycles. The summed E-state index contributed by atoms with van der Waals surface area (Å²) >= 11 is 0. The fourth-order valence-electron chi connectivity index (χ4n) is 2.03. The molecule has 0 aliphatic rings. The molecule has 1 aromatic heterocycles. The van der Waals surface area contributed by atoms with Gasteiger partial charge < -0.3 is 0 Å². The van der Waals surface area contributed by atoms with Gasteiger partial charge in [0, 0.05) is 10.9 Å². The van der Waals surface area contributed by atoms with Crippen molar-refractivity contribution in [2.24, 2.45) is 5.84 Å². The standard InChI is InChI=1S/C13H12F3N3O/c14-4-7-1-9(6-16)18-12-3-11(13(20)19-17)8(5-15)2-10(7)12/h1-3H,4-6,17H2,(H,19,20). The van der Waals surface area contributed by atoms with E-state index in [9.17, 15) is 18.0 Å². The van der Waals surface area contributed by atoms with Gasteiger partial charge in [-0.2, -0.15) is 0 Å². The SMILES string of the molecule is NNC(=O)c1cc2nc(CF)cc(CF)c2cc1CF. The average Bonchev–Trinajstić information content (AvgIpc) is 2.51. The minimum atomic E-state index is -0.907. The minimum Gasteiger partial charge on any atom is -0.290 e.